The van der Waals surface area contributed by atoms with Gasteiger partial charge < -0.3 is 15.1 Å². The minimum atomic E-state index is -0.0187. The van der Waals surface area contributed by atoms with Crippen LogP contribution < -0.4 is 5.32 Å². The number of hydrogen-bond acceptors (Lipinski definition) is 2. The fourth-order valence-corrected chi connectivity index (χ4v) is 2.08. The predicted octanol–water partition coefficient (Wildman–Crippen LogP) is 1.44. The van der Waals surface area contributed by atoms with E-state index in [0.717, 1.165) is 25.9 Å². The van der Waals surface area contributed by atoms with Crippen LogP contribution in [-0.2, 0) is 4.79 Å². The van der Waals surface area contributed by atoms with Crippen molar-refractivity contribution in [3.05, 3.63) is 0 Å². The molecule has 0 aromatic carbocycles. The summed E-state index contributed by atoms with van der Waals surface area (Å²) in [6.45, 7) is 8.70. The normalized spacial score (nSPS) is 16.7. The van der Waals surface area contributed by atoms with E-state index < -0.39 is 0 Å². The highest BCUT2D eigenvalue weighted by Crippen LogP contribution is 2.06. The van der Waals surface area contributed by atoms with Crippen molar-refractivity contribution in [2.45, 2.75) is 46.1 Å². The van der Waals surface area contributed by atoms with E-state index in [0.29, 0.717) is 19.5 Å². The second-order valence-corrected chi connectivity index (χ2v) is 5.08. The largest absolute Gasteiger partial charge is 0.341 e. The molecule has 0 aromatic rings. The number of nitrogens with one attached hydrogen (secondary N) is 1. The molecule has 0 atom stereocenters. The minimum Gasteiger partial charge on any atom is -0.341 e. The van der Waals surface area contributed by atoms with Crippen molar-refractivity contribution >= 4 is 11.9 Å². The second-order valence-electron chi connectivity index (χ2n) is 5.08. The summed E-state index contributed by atoms with van der Waals surface area (Å²) >= 11 is 0. The third-order valence-corrected chi connectivity index (χ3v) is 3.01. The Hall–Kier alpha value is -1.26. The molecule has 0 aromatic heterocycles. The van der Waals surface area contributed by atoms with E-state index in [1.54, 1.807) is 4.90 Å². The number of nitrogens with zero attached hydrogens (tertiary/aromatic N) is 2. The molecule has 0 radical (unpaired) electrons. The summed E-state index contributed by atoms with van der Waals surface area (Å²) < 4.78 is 0. The summed E-state index contributed by atoms with van der Waals surface area (Å²) in [5.74, 6) is 0.212. The van der Waals surface area contributed by atoms with Gasteiger partial charge in [-0.05, 0) is 26.7 Å². The van der Waals surface area contributed by atoms with Crippen LogP contribution in [0.2, 0.25) is 0 Å². The quantitative estimate of drug-likeness (QED) is 0.829. The average Bonchev–Trinajstić information content (AvgIpc) is 2.53. The van der Waals surface area contributed by atoms with E-state index in [1.165, 1.54) is 0 Å². The lowest BCUT2D eigenvalue weighted by Gasteiger charge is -2.23. The van der Waals surface area contributed by atoms with Gasteiger partial charge in [-0.2, -0.15) is 0 Å². The molecule has 1 aliphatic rings. The third-order valence-electron chi connectivity index (χ3n) is 3.01. The lowest BCUT2D eigenvalue weighted by Crippen LogP contribution is -2.44. The molecule has 1 saturated heterocycles. The fourth-order valence-electron chi connectivity index (χ4n) is 2.08. The van der Waals surface area contributed by atoms with Crippen LogP contribution in [0.3, 0.4) is 0 Å². The van der Waals surface area contributed by atoms with Gasteiger partial charge in [0.2, 0.25) is 5.91 Å². The van der Waals surface area contributed by atoms with Crippen LogP contribution in [0, 0.1) is 0 Å². The van der Waals surface area contributed by atoms with E-state index in [9.17, 15) is 9.59 Å². The molecule has 0 unspecified atom stereocenters. The fraction of sp³-hybridized carbons (Fsp3) is 0.846. The first-order valence-corrected chi connectivity index (χ1v) is 6.87. The summed E-state index contributed by atoms with van der Waals surface area (Å²) in [4.78, 5) is 27.4. The topological polar surface area (TPSA) is 52.7 Å². The van der Waals surface area contributed by atoms with Crippen LogP contribution in [0.5, 0.6) is 0 Å². The highest BCUT2D eigenvalue weighted by Gasteiger charge is 2.21. The van der Waals surface area contributed by atoms with Gasteiger partial charge in [-0.3, -0.25) is 4.79 Å². The molecule has 5 nitrogen and oxygen atoms in total. The van der Waals surface area contributed by atoms with Gasteiger partial charge in [-0.15, -0.1) is 0 Å². The van der Waals surface area contributed by atoms with Crippen LogP contribution >= 0.6 is 0 Å². The highest BCUT2D eigenvalue weighted by molar-refractivity contribution is 5.77. The maximum Gasteiger partial charge on any atom is 0.317 e. The first kappa shape index (κ1) is 14.8. The number of hydrogen-bond donors (Lipinski definition) is 1. The van der Waals surface area contributed by atoms with Gasteiger partial charge in [0.15, 0.2) is 0 Å². The standard InChI is InChI=1S/C13H25N3O2/c1-4-6-12(17)15-7-5-8-16(10-9-15)13(18)14-11(2)3/h11H,4-10H2,1-3H3,(H,14,18). The Balaban J connectivity index is 2.45. The summed E-state index contributed by atoms with van der Waals surface area (Å²) in [7, 11) is 0. The summed E-state index contributed by atoms with van der Waals surface area (Å²) in [5.41, 5.74) is 0. The van der Waals surface area contributed by atoms with Gasteiger partial charge in [0.25, 0.3) is 0 Å². The molecule has 18 heavy (non-hydrogen) atoms. The Labute approximate surface area is 110 Å². The molecule has 0 aliphatic carbocycles. The van der Waals surface area contributed by atoms with E-state index in [2.05, 4.69) is 5.32 Å². The number of carbonyl (C=O) groups excluding carboxylic acids is 2. The molecule has 0 saturated carbocycles. The van der Waals surface area contributed by atoms with Crippen molar-refractivity contribution < 1.29 is 9.59 Å². The van der Waals surface area contributed by atoms with Gasteiger partial charge in [-0.1, -0.05) is 6.92 Å². The molecule has 1 rings (SSSR count). The van der Waals surface area contributed by atoms with Crippen LogP contribution in [-0.4, -0.2) is 54.0 Å². The Kier molecular flexibility index (Phi) is 5.95. The van der Waals surface area contributed by atoms with E-state index in [1.807, 2.05) is 25.7 Å². The second kappa shape index (κ2) is 7.24. The molecule has 1 aliphatic heterocycles. The summed E-state index contributed by atoms with van der Waals surface area (Å²) in [5, 5.41) is 2.89. The first-order valence-electron chi connectivity index (χ1n) is 6.87. The van der Waals surface area contributed by atoms with Gasteiger partial charge in [0.05, 0.1) is 0 Å². The monoisotopic (exact) mass is 255 g/mol. The molecule has 0 bridgehead atoms. The van der Waals surface area contributed by atoms with Gasteiger partial charge >= 0.3 is 6.03 Å². The average molecular weight is 255 g/mol. The highest BCUT2D eigenvalue weighted by atomic mass is 16.2. The molecule has 1 N–H and O–H groups in total. The number of carbonyl (C=O) groups is 2. The maximum atomic E-state index is 11.9. The summed E-state index contributed by atoms with van der Waals surface area (Å²) in [6, 6.07) is 0.133. The Morgan fingerprint density at radius 2 is 1.72 bits per heavy atom. The molecule has 0 spiro atoms. The van der Waals surface area contributed by atoms with Crippen LogP contribution in [0.4, 0.5) is 4.79 Å². The van der Waals surface area contributed by atoms with Gasteiger partial charge in [-0.25, -0.2) is 4.79 Å². The Morgan fingerprint density at radius 3 is 2.33 bits per heavy atom. The Morgan fingerprint density at radius 1 is 1.11 bits per heavy atom. The number of rotatable bonds is 3. The van der Waals surface area contributed by atoms with Crippen molar-refractivity contribution in [3.8, 4) is 0 Å². The smallest absolute Gasteiger partial charge is 0.317 e. The van der Waals surface area contributed by atoms with Crippen LogP contribution in [0.25, 0.3) is 0 Å². The molecular weight excluding hydrogens is 230 g/mol. The zero-order chi connectivity index (χ0) is 13.5. The molecule has 1 heterocycles. The molecule has 104 valence electrons. The van der Waals surface area contributed by atoms with E-state index in [-0.39, 0.29) is 18.0 Å². The molecule has 1 fully saturated rings. The molecule has 3 amide bonds. The van der Waals surface area contributed by atoms with E-state index in [4.69, 9.17) is 0 Å². The van der Waals surface area contributed by atoms with Crippen molar-refractivity contribution in [2.75, 3.05) is 26.2 Å². The van der Waals surface area contributed by atoms with Crippen molar-refractivity contribution in [1.29, 1.82) is 0 Å². The SMILES string of the molecule is CCCC(=O)N1CCCN(C(=O)NC(C)C)CC1. The molecule has 5 heteroatoms. The zero-order valence-electron chi connectivity index (χ0n) is 11.7. The zero-order valence-corrected chi connectivity index (χ0v) is 11.7. The Bertz CT molecular complexity index is 292. The summed E-state index contributed by atoms with van der Waals surface area (Å²) in [6.07, 6.45) is 2.35. The number of urea groups is 1. The van der Waals surface area contributed by atoms with Crippen molar-refractivity contribution in [3.63, 3.8) is 0 Å². The van der Waals surface area contributed by atoms with Gasteiger partial charge in [0, 0.05) is 38.6 Å². The van der Waals surface area contributed by atoms with Crippen LogP contribution in [0.15, 0.2) is 0 Å². The third kappa shape index (κ3) is 4.55. The minimum absolute atomic E-state index is 0.0187. The van der Waals surface area contributed by atoms with Crippen molar-refractivity contribution in [2.24, 2.45) is 0 Å². The molecular formula is C13H25N3O2. The van der Waals surface area contributed by atoms with Crippen molar-refractivity contribution in [1.82, 2.24) is 15.1 Å². The van der Waals surface area contributed by atoms with Gasteiger partial charge in [0.1, 0.15) is 0 Å². The number of amides is 3. The lowest BCUT2D eigenvalue weighted by atomic mass is 10.3. The predicted molar refractivity (Wildman–Crippen MR) is 71.3 cm³/mol. The maximum absolute atomic E-state index is 11.9. The van der Waals surface area contributed by atoms with Crippen LogP contribution in [0.1, 0.15) is 40.0 Å². The first-order chi connectivity index (χ1) is 8.54. The lowest BCUT2D eigenvalue weighted by molar-refractivity contribution is -0.131. The van der Waals surface area contributed by atoms with E-state index >= 15 is 0 Å².